The summed E-state index contributed by atoms with van der Waals surface area (Å²) in [5, 5.41) is 0. The molecule has 0 unspecified atom stereocenters. The van der Waals surface area contributed by atoms with E-state index in [-0.39, 0.29) is 0 Å². The van der Waals surface area contributed by atoms with E-state index in [0.717, 1.165) is 25.9 Å². The largest absolute Gasteiger partial charge is 0.237 e. The second-order valence-electron chi connectivity index (χ2n) is 2.00. The van der Waals surface area contributed by atoms with Crippen molar-refractivity contribution in [3.05, 3.63) is 0 Å². The number of rotatable bonds is 6. The molecule has 56 valence electrons. The standard InChI is InChI=1S/C7H16O2/c1-3-5-7-9-8-6-4-2/h3-7H2,1-2H3. The van der Waals surface area contributed by atoms with Crippen molar-refractivity contribution < 1.29 is 9.78 Å². The van der Waals surface area contributed by atoms with Crippen molar-refractivity contribution in [3.63, 3.8) is 0 Å². The molecule has 9 heavy (non-hydrogen) atoms. The lowest BCUT2D eigenvalue weighted by Gasteiger charge is -1.99. The van der Waals surface area contributed by atoms with Gasteiger partial charge in [0.1, 0.15) is 0 Å². The molecular weight excluding hydrogens is 116 g/mol. The molecule has 0 atom stereocenters. The third kappa shape index (κ3) is 7.92. The van der Waals surface area contributed by atoms with E-state index in [0.29, 0.717) is 6.61 Å². The van der Waals surface area contributed by atoms with E-state index in [1.54, 1.807) is 0 Å². The third-order valence-electron chi connectivity index (χ3n) is 0.952. The molecule has 0 heterocycles. The van der Waals surface area contributed by atoms with Crippen molar-refractivity contribution in [2.75, 3.05) is 13.2 Å². The minimum atomic E-state index is 0.712. The Labute approximate surface area is 57.1 Å². The van der Waals surface area contributed by atoms with Gasteiger partial charge in [0.15, 0.2) is 0 Å². The minimum absolute atomic E-state index is 0.712. The Morgan fingerprint density at radius 1 is 0.889 bits per heavy atom. The van der Waals surface area contributed by atoms with Gasteiger partial charge in [-0.05, 0) is 12.8 Å². The van der Waals surface area contributed by atoms with Crippen LogP contribution in [-0.2, 0) is 9.78 Å². The summed E-state index contributed by atoms with van der Waals surface area (Å²) >= 11 is 0. The van der Waals surface area contributed by atoms with Gasteiger partial charge in [0, 0.05) is 0 Å². The maximum atomic E-state index is 4.81. The molecule has 2 nitrogen and oxygen atoms in total. The topological polar surface area (TPSA) is 18.5 Å². The van der Waals surface area contributed by atoms with Crippen LogP contribution in [-0.4, -0.2) is 13.2 Å². The van der Waals surface area contributed by atoms with Crippen LogP contribution < -0.4 is 0 Å². The van der Waals surface area contributed by atoms with Gasteiger partial charge in [0.05, 0.1) is 13.2 Å². The zero-order valence-corrected chi connectivity index (χ0v) is 6.35. The van der Waals surface area contributed by atoms with Gasteiger partial charge in [0.25, 0.3) is 0 Å². The van der Waals surface area contributed by atoms with E-state index in [2.05, 4.69) is 13.8 Å². The monoisotopic (exact) mass is 132 g/mol. The molecule has 0 bridgehead atoms. The average Bonchev–Trinajstić information content (AvgIpc) is 1.89. The van der Waals surface area contributed by atoms with Crippen LogP contribution in [0.4, 0.5) is 0 Å². The van der Waals surface area contributed by atoms with Gasteiger partial charge in [-0.15, -0.1) is 0 Å². The average molecular weight is 132 g/mol. The smallest absolute Gasteiger partial charge is 0.0822 e. The van der Waals surface area contributed by atoms with E-state index in [1.807, 2.05) is 0 Å². The molecule has 0 aromatic rings. The first-order valence-electron chi connectivity index (χ1n) is 3.66. The molecule has 0 spiro atoms. The van der Waals surface area contributed by atoms with Gasteiger partial charge >= 0.3 is 0 Å². The normalized spacial score (nSPS) is 10.0. The van der Waals surface area contributed by atoms with Crippen LogP contribution in [0.2, 0.25) is 0 Å². The lowest BCUT2D eigenvalue weighted by Crippen LogP contribution is -1.96. The highest BCUT2D eigenvalue weighted by Gasteiger charge is 1.84. The molecule has 0 aliphatic rings. The summed E-state index contributed by atoms with van der Waals surface area (Å²) < 4.78 is 0. The third-order valence-corrected chi connectivity index (χ3v) is 0.952. The van der Waals surface area contributed by atoms with Gasteiger partial charge < -0.3 is 0 Å². The number of hydrogen-bond acceptors (Lipinski definition) is 2. The van der Waals surface area contributed by atoms with Crippen LogP contribution in [0.3, 0.4) is 0 Å². The van der Waals surface area contributed by atoms with E-state index in [9.17, 15) is 0 Å². The van der Waals surface area contributed by atoms with Gasteiger partial charge in [-0.25, -0.2) is 9.78 Å². The fraction of sp³-hybridized carbons (Fsp3) is 1.00. The highest BCUT2D eigenvalue weighted by Crippen LogP contribution is 1.89. The van der Waals surface area contributed by atoms with E-state index < -0.39 is 0 Å². The summed E-state index contributed by atoms with van der Waals surface area (Å²) in [5.74, 6) is 0. The van der Waals surface area contributed by atoms with Crippen molar-refractivity contribution in [2.24, 2.45) is 0 Å². The quantitative estimate of drug-likeness (QED) is 0.313. The summed E-state index contributed by atoms with van der Waals surface area (Å²) in [6, 6.07) is 0. The first-order chi connectivity index (χ1) is 4.41. The molecule has 0 aliphatic heterocycles. The maximum Gasteiger partial charge on any atom is 0.0822 e. The molecule has 0 saturated heterocycles. The summed E-state index contributed by atoms with van der Waals surface area (Å²) in [4.78, 5) is 9.60. The Morgan fingerprint density at radius 3 is 2.11 bits per heavy atom. The van der Waals surface area contributed by atoms with Crippen molar-refractivity contribution in [2.45, 2.75) is 33.1 Å². The van der Waals surface area contributed by atoms with Crippen molar-refractivity contribution in [1.29, 1.82) is 0 Å². The molecule has 0 N–H and O–H groups in total. The van der Waals surface area contributed by atoms with Crippen LogP contribution in [0, 0.1) is 0 Å². The Kier molecular flexibility index (Phi) is 7.85. The predicted molar refractivity (Wildman–Crippen MR) is 37.1 cm³/mol. The van der Waals surface area contributed by atoms with Crippen molar-refractivity contribution in [3.8, 4) is 0 Å². The SMILES string of the molecule is CCCCOOCCC. The zero-order valence-electron chi connectivity index (χ0n) is 6.35. The number of hydrogen-bond donors (Lipinski definition) is 0. The fourth-order valence-electron chi connectivity index (χ4n) is 0.404. The summed E-state index contributed by atoms with van der Waals surface area (Å²) in [7, 11) is 0. The molecule has 0 aliphatic carbocycles. The highest BCUT2D eigenvalue weighted by molar-refractivity contribution is 4.26. The van der Waals surface area contributed by atoms with Crippen LogP contribution in [0.1, 0.15) is 33.1 Å². The lowest BCUT2D eigenvalue weighted by molar-refractivity contribution is -0.294. The second kappa shape index (κ2) is 7.92. The van der Waals surface area contributed by atoms with Crippen molar-refractivity contribution in [1.82, 2.24) is 0 Å². The highest BCUT2D eigenvalue weighted by atomic mass is 17.2. The molecular formula is C7H16O2. The molecule has 0 amide bonds. The second-order valence-corrected chi connectivity index (χ2v) is 2.00. The Balaban J connectivity index is 2.60. The Morgan fingerprint density at radius 2 is 1.56 bits per heavy atom. The van der Waals surface area contributed by atoms with Crippen LogP contribution in [0.5, 0.6) is 0 Å². The first-order valence-corrected chi connectivity index (χ1v) is 3.66. The van der Waals surface area contributed by atoms with Crippen molar-refractivity contribution >= 4 is 0 Å². The molecule has 0 rings (SSSR count). The molecule has 0 saturated carbocycles. The Hall–Kier alpha value is -0.0800. The molecule has 0 aromatic carbocycles. The van der Waals surface area contributed by atoms with Gasteiger partial charge in [-0.3, -0.25) is 0 Å². The zero-order chi connectivity index (χ0) is 6.95. The van der Waals surface area contributed by atoms with Crippen LogP contribution in [0.25, 0.3) is 0 Å². The fourth-order valence-corrected chi connectivity index (χ4v) is 0.404. The maximum absolute atomic E-state index is 4.81. The molecule has 0 fully saturated rings. The van der Waals surface area contributed by atoms with Gasteiger partial charge in [-0.2, -0.15) is 0 Å². The predicted octanol–water partition coefficient (Wildman–Crippen LogP) is 2.14. The molecule has 0 aromatic heterocycles. The Bertz CT molecular complexity index is 40.2. The lowest BCUT2D eigenvalue weighted by atomic mass is 10.4. The van der Waals surface area contributed by atoms with Gasteiger partial charge in [-0.1, -0.05) is 20.3 Å². The summed E-state index contributed by atoms with van der Waals surface area (Å²) in [6.45, 7) is 5.63. The van der Waals surface area contributed by atoms with E-state index in [1.165, 1.54) is 0 Å². The number of unbranched alkanes of at least 4 members (excludes halogenated alkanes) is 1. The van der Waals surface area contributed by atoms with Crippen LogP contribution >= 0.6 is 0 Å². The summed E-state index contributed by atoms with van der Waals surface area (Å²) in [6.07, 6.45) is 3.27. The first kappa shape index (κ1) is 8.92. The van der Waals surface area contributed by atoms with Gasteiger partial charge in [0.2, 0.25) is 0 Å². The minimum Gasteiger partial charge on any atom is -0.237 e. The molecule has 2 heteroatoms. The van der Waals surface area contributed by atoms with E-state index >= 15 is 0 Å². The molecule has 0 radical (unpaired) electrons. The summed E-state index contributed by atoms with van der Waals surface area (Å²) in [5.41, 5.74) is 0. The van der Waals surface area contributed by atoms with Crippen LogP contribution in [0.15, 0.2) is 0 Å². The van der Waals surface area contributed by atoms with E-state index in [4.69, 9.17) is 9.78 Å².